The van der Waals surface area contributed by atoms with E-state index in [-0.39, 0.29) is 0 Å². The van der Waals surface area contributed by atoms with Crippen LogP contribution < -0.4 is 0 Å². The van der Waals surface area contributed by atoms with Crippen molar-refractivity contribution >= 4 is 54.3 Å². The van der Waals surface area contributed by atoms with E-state index in [1.807, 2.05) is 0 Å². The third kappa shape index (κ3) is 5.28. The fourth-order valence-electron chi connectivity index (χ4n) is 9.16. The number of hydrogen-bond acceptors (Lipinski definition) is 1. The van der Waals surface area contributed by atoms with Gasteiger partial charge in [-0.2, -0.15) is 0 Å². The summed E-state index contributed by atoms with van der Waals surface area (Å²) in [4.78, 5) is 5.16. The number of fused-ring (bicyclic) bond motifs is 7. The van der Waals surface area contributed by atoms with Crippen molar-refractivity contribution in [2.24, 2.45) is 0 Å². The molecule has 2 heterocycles. The molecule has 0 amide bonds. The minimum absolute atomic E-state index is 0.399. The number of aromatic nitrogens is 2. The normalized spacial score (nSPS) is 14.4. The fourth-order valence-corrected chi connectivity index (χ4v) is 9.16. The molecular formula is C53H38N2. The smallest absolute Gasteiger partial charge is 0.0722 e. The Morgan fingerprint density at radius 3 is 1.85 bits per heavy atom. The first kappa shape index (κ1) is 31.7. The van der Waals surface area contributed by atoms with Gasteiger partial charge in [0.15, 0.2) is 0 Å². The monoisotopic (exact) mass is 702 g/mol. The molecule has 2 heteroatoms. The molecule has 10 aromatic rings. The lowest BCUT2D eigenvalue weighted by Gasteiger charge is -2.21. The van der Waals surface area contributed by atoms with E-state index in [9.17, 15) is 0 Å². The molecule has 260 valence electrons. The number of rotatable bonds is 5. The van der Waals surface area contributed by atoms with E-state index < -0.39 is 0 Å². The zero-order valence-electron chi connectivity index (χ0n) is 30.5. The zero-order valence-corrected chi connectivity index (χ0v) is 30.5. The summed E-state index contributed by atoms with van der Waals surface area (Å²) < 4.78 is 2.56. The second-order valence-corrected chi connectivity index (χ2v) is 14.9. The first-order valence-corrected chi connectivity index (χ1v) is 19.5. The number of pyridine rings is 1. The molecule has 2 nitrogen and oxygen atoms in total. The maximum absolute atomic E-state index is 5.16. The van der Waals surface area contributed by atoms with Crippen LogP contribution in [0, 0.1) is 0 Å². The molecule has 0 saturated heterocycles. The summed E-state index contributed by atoms with van der Waals surface area (Å²) in [6.45, 7) is 0. The van der Waals surface area contributed by atoms with Crippen LogP contribution in [-0.4, -0.2) is 9.55 Å². The van der Waals surface area contributed by atoms with Gasteiger partial charge in [-0.1, -0.05) is 158 Å². The molecule has 1 aliphatic carbocycles. The Labute approximate surface area is 320 Å². The van der Waals surface area contributed by atoms with Gasteiger partial charge in [-0.15, -0.1) is 0 Å². The van der Waals surface area contributed by atoms with Gasteiger partial charge >= 0.3 is 0 Å². The summed E-state index contributed by atoms with van der Waals surface area (Å²) >= 11 is 0. The van der Waals surface area contributed by atoms with Crippen LogP contribution >= 0.6 is 0 Å². The average molecular weight is 703 g/mol. The van der Waals surface area contributed by atoms with Gasteiger partial charge < -0.3 is 4.57 Å². The van der Waals surface area contributed by atoms with Crippen molar-refractivity contribution in [3.05, 3.63) is 188 Å². The first-order valence-electron chi connectivity index (χ1n) is 19.5. The van der Waals surface area contributed by atoms with Gasteiger partial charge in [0.2, 0.25) is 0 Å². The van der Waals surface area contributed by atoms with Crippen molar-refractivity contribution in [2.75, 3.05) is 0 Å². The second kappa shape index (κ2) is 13.0. The molecular weight excluding hydrogens is 665 g/mol. The number of nitrogens with zero attached hydrogens (tertiary/aromatic N) is 2. The van der Waals surface area contributed by atoms with E-state index in [1.165, 1.54) is 101 Å². The second-order valence-electron chi connectivity index (χ2n) is 14.9. The van der Waals surface area contributed by atoms with Crippen molar-refractivity contribution in [1.29, 1.82) is 0 Å². The Balaban J connectivity index is 1.02. The zero-order chi connectivity index (χ0) is 36.3. The molecule has 11 rings (SSSR count). The van der Waals surface area contributed by atoms with Crippen LogP contribution in [0.1, 0.15) is 25.3 Å². The minimum atomic E-state index is 0.399. The summed E-state index contributed by atoms with van der Waals surface area (Å²) in [5.74, 6) is 0. The lowest BCUT2D eigenvalue weighted by Crippen LogP contribution is -2.08. The van der Waals surface area contributed by atoms with Gasteiger partial charge in [-0.25, -0.2) is 4.98 Å². The van der Waals surface area contributed by atoms with Crippen molar-refractivity contribution in [3.8, 4) is 44.6 Å². The van der Waals surface area contributed by atoms with E-state index in [2.05, 4.69) is 193 Å². The van der Waals surface area contributed by atoms with Gasteiger partial charge in [0.05, 0.1) is 17.3 Å². The topological polar surface area (TPSA) is 17.8 Å². The molecule has 0 bridgehead atoms. The predicted octanol–water partition coefficient (Wildman–Crippen LogP) is 14.6. The van der Waals surface area contributed by atoms with Crippen molar-refractivity contribution < 1.29 is 0 Å². The molecule has 55 heavy (non-hydrogen) atoms. The molecule has 1 aliphatic rings. The molecule has 0 radical (unpaired) electrons. The molecule has 0 N–H and O–H groups in total. The standard InChI is InChI=1S/C53H38N2/c1-3-14-38(15-4-1)50-34-47(53-43-18-8-7-13-35(43)27-31-49(53)54-50)37-25-23-36(24-26-37)41-29-30-42(45-20-10-9-19-44(41)45)39-28-32-52-48(33-39)46-21-11-12-22-51(46)55(52)40-16-5-2-6-17-40/h1,3-5,7-16,18-34,40H,2,6,17H2. The predicted molar refractivity (Wildman–Crippen MR) is 234 cm³/mol. The average Bonchev–Trinajstić information content (AvgIpc) is 3.60. The van der Waals surface area contributed by atoms with Crippen molar-refractivity contribution in [1.82, 2.24) is 9.55 Å². The first-order chi connectivity index (χ1) is 27.3. The van der Waals surface area contributed by atoms with E-state index in [4.69, 9.17) is 4.98 Å². The summed E-state index contributed by atoms with van der Waals surface area (Å²) in [5, 5.41) is 8.81. The van der Waals surface area contributed by atoms with Gasteiger partial charge in [-0.3, -0.25) is 0 Å². The number of allylic oxidation sites excluding steroid dienone is 2. The highest BCUT2D eigenvalue weighted by atomic mass is 15.0. The molecule has 0 aliphatic heterocycles. The Morgan fingerprint density at radius 2 is 1.09 bits per heavy atom. The third-order valence-corrected chi connectivity index (χ3v) is 11.8. The summed E-state index contributed by atoms with van der Waals surface area (Å²) in [7, 11) is 0. The number of hydrogen-bond donors (Lipinski definition) is 0. The van der Waals surface area contributed by atoms with Crippen LogP contribution in [0.5, 0.6) is 0 Å². The highest BCUT2D eigenvalue weighted by Gasteiger charge is 2.19. The number of benzene rings is 8. The maximum Gasteiger partial charge on any atom is 0.0722 e. The molecule has 8 aromatic carbocycles. The van der Waals surface area contributed by atoms with Crippen molar-refractivity contribution in [3.63, 3.8) is 0 Å². The van der Waals surface area contributed by atoms with E-state index in [1.54, 1.807) is 0 Å². The Bertz CT molecular complexity index is 3110. The largest absolute Gasteiger partial charge is 0.333 e. The van der Waals surface area contributed by atoms with Crippen LogP contribution in [0.3, 0.4) is 0 Å². The fraction of sp³-hybridized carbons (Fsp3) is 0.0755. The van der Waals surface area contributed by atoms with Gasteiger partial charge in [0.25, 0.3) is 0 Å². The molecule has 2 aromatic heterocycles. The quantitative estimate of drug-likeness (QED) is 0.129. The van der Waals surface area contributed by atoms with Crippen LogP contribution in [0.4, 0.5) is 0 Å². The van der Waals surface area contributed by atoms with Crippen LogP contribution in [0.25, 0.3) is 98.9 Å². The Morgan fingerprint density at radius 1 is 0.455 bits per heavy atom. The highest BCUT2D eigenvalue weighted by molar-refractivity contribution is 6.14. The molecule has 0 spiro atoms. The molecule has 1 atom stereocenters. The van der Waals surface area contributed by atoms with Crippen LogP contribution in [0.2, 0.25) is 0 Å². The van der Waals surface area contributed by atoms with Crippen LogP contribution in [0.15, 0.2) is 188 Å². The highest BCUT2D eigenvalue weighted by Crippen LogP contribution is 2.42. The van der Waals surface area contributed by atoms with E-state index in [0.717, 1.165) is 16.8 Å². The minimum Gasteiger partial charge on any atom is -0.333 e. The van der Waals surface area contributed by atoms with Crippen molar-refractivity contribution in [2.45, 2.75) is 25.3 Å². The van der Waals surface area contributed by atoms with Gasteiger partial charge in [0.1, 0.15) is 0 Å². The lowest BCUT2D eigenvalue weighted by atomic mass is 9.90. The van der Waals surface area contributed by atoms with Gasteiger partial charge in [0, 0.05) is 32.8 Å². The maximum atomic E-state index is 5.16. The van der Waals surface area contributed by atoms with Crippen LogP contribution in [-0.2, 0) is 0 Å². The molecule has 0 saturated carbocycles. The Kier molecular flexibility index (Phi) is 7.48. The van der Waals surface area contributed by atoms with E-state index >= 15 is 0 Å². The number of para-hydroxylation sites is 1. The molecule has 0 fully saturated rings. The molecule has 1 unspecified atom stereocenters. The summed E-state index contributed by atoms with van der Waals surface area (Å²) in [5.41, 5.74) is 13.1. The van der Waals surface area contributed by atoms with E-state index in [0.29, 0.717) is 6.04 Å². The third-order valence-electron chi connectivity index (χ3n) is 11.8. The Hall–Kier alpha value is -6.77. The SMILES string of the molecule is C1=CC(n2c3ccccc3c3cc(-c4ccc(-c5ccc(-c6cc(-c7ccccc7)nc7ccc8ccccc8c67)cc5)c5ccccc45)ccc32)CCC1. The summed E-state index contributed by atoms with van der Waals surface area (Å²) in [6, 6.07) is 64.9. The summed E-state index contributed by atoms with van der Waals surface area (Å²) in [6.07, 6.45) is 8.37. The lowest BCUT2D eigenvalue weighted by molar-refractivity contribution is 0.542. The van der Waals surface area contributed by atoms with Gasteiger partial charge in [-0.05, 0) is 105 Å².